The van der Waals surface area contributed by atoms with E-state index in [0.29, 0.717) is 11.8 Å². The Kier molecular flexibility index (Phi) is 4.49. The van der Waals surface area contributed by atoms with Crippen molar-refractivity contribution in [2.24, 2.45) is 5.92 Å². The Morgan fingerprint density at radius 2 is 1.73 bits per heavy atom. The van der Waals surface area contributed by atoms with Gasteiger partial charge < -0.3 is 9.80 Å². The molecule has 0 aromatic heterocycles. The van der Waals surface area contributed by atoms with Gasteiger partial charge in [-0.3, -0.25) is 9.59 Å². The minimum atomic E-state index is 0.114. The minimum Gasteiger partial charge on any atom is -0.342 e. The quantitative estimate of drug-likeness (QED) is 0.769. The summed E-state index contributed by atoms with van der Waals surface area (Å²) in [6, 6.07) is 18.0. The molecule has 2 aromatic rings. The lowest BCUT2D eigenvalue weighted by molar-refractivity contribution is -0.152. The van der Waals surface area contributed by atoms with Gasteiger partial charge in [0.25, 0.3) is 5.91 Å². The fraction of sp³-hybridized carbons (Fsp3) is 0.364. The van der Waals surface area contributed by atoms with Crippen LogP contribution in [0.15, 0.2) is 54.6 Å². The molecule has 2 bridgehead atoms. The molecule has 2 amide bonds. The van der Waals surface area contributed by atoms with Crippen LogP contribution in [-0.2, 0) is 4.79 Å². The third kappa shape index (κ3) is 2.79. The second-order valence-electron chi connectivity index (χ2n) is 7.15. The zero-order valence-corrected chi connectivity index (χ0v) is 15.1. The molecule has 3 fully saturated rings. The number of anilines is 1. The summed E-state index contributed by atoms with van der Waals surface area (Å²) in [5, 5.41) is 0. The van der Waals surface area contributed by atoms with Gasteiger partial charge in [-0.1, -0.05) is 43.3 Å². The first-order valence-electron chi connectivity index (χ1n) is 9.47. The zero-order valence-electron chi connectivity index (χ0n) is 15.1. The molecule has 6 rings (SSSR count). The summed E-state index contributed by atoms with van der Waals surface area (Å²) in [7, 11) is 0. The van der Waals surface area contributed by atoms with Gasteiger partial charge in [0.1, 0.15) is 0 Å². The van der Waals surface area contributed by atoms with Gasteiger partial charge in [-0.25, -0.2) is 0 Å². The Morgan fingerprint density at radius 3 is 2.31 bits per heavy atom. The maximum absolute atomic E-state index is 12.5. The van der Waals surface area contributed by atoms with Crippen molar-refractivity contribution in [3.05, 3.63) is 65.7 Å². The van der Waals surface area contributed by atoms with Crippen molar-refractivity contribution >= 4 is 17.5 Å². The summed E-state index contributed by atoms with van der Waals surface area (Å²) < 4.78 is 0. The van der Waals surface area contributed by atoms with Crippen LogP contribution >= 0.6 is 0 Å². The predicted octanol–water partition coefficient (Wildman–Crippen LogP) is 4.04. The SMILES string of the molecule is CCC1c2ccccc2C(=O)N1c1ccccc1.O=C1C2CCCN1C2. The van der Waals surface area contributed by atoms with Gasteiger partial charge in [0.05, 0.1) is 12.0 Å². The summed E-state index contributed by atoms with van der Waals surface area (Å²) in [6.07, 6.45) is 3.31. The van der Waals surface area contributed by atoms with E-state index < -0.39 is 0 Å². The van der Waals surface area contributed by atoms with Crippen LogP contribution in [0.2, 0.25) is 0 Å². The van der Waals surface area contributed by atoms with E-state index in [9.17, 15) is 9.59 Å². The van der Waals surface area contributed by atoms with Crippen molar-refractivity contribution in [3.63, 3.8) is 0 Å². The van der Waals surface area contributed by atoms with Gasteiger partial charge in [0.15, 0.2) is 0 Å². The van der Waals surface area contributed by atoms with E-state index >= 15 is 0 Å². The number of β-lactam (4-membered cyclic amide) rings is 1. The van der Waals surface area contributed by atoms with E-state index in [1.807, 2.05) is 58.3 Å². The van der Waals surface area contributed by atoms with Gasteiger partial charge in [-0.2, -0.15) is 0 Å². The molecule has 0 spiro atoms. The van der Waals surface area contributed by atoms with Gasteiger partial charge in [0.2, 0.25) is 5.91 Å². The fourth-order valence-corrected chi connectivity index (χ4v) is 4.21. The summed E-state index contributed by atoms with van der Waals surface area (Å²) in [6.45, 7) is 4.20. The van der Waals surface area contributed by atoms with E-state index in [0.717, 1.165) is 42.7 Å². The van der Waals surface area contributed by atoms with Crippen molar-refractivity contribution in [2.75, 3.05) is 18.0 Å². The topological polar surface area (TPSA) is 40.6 Å². The van der Waals surface area contributed by atoms with Crippen molar-refractivity contribution in [1.82, 2.24) is 4.90 Å². The molecule has 3 saturated heterocycles. The fourth-order valence-electron chi connectivity index (χ4n) is 4.21. The number of rotatable bonds is 2. The van der Waals surface area contributed by atoms with Crippen molar-refractivity contribution in [3.8, 4) is 0 Å². The van der Waals surface area contributed by atoms with Crippen LogP contribution in [0, 0.1) is 5.92 Å². The predicted molar refractivity (Wildman–Crippen MR) is 102 cm³/mol. The molecule has 0 radical (unpaired) electrons. The smallest absolute Gasteiger partial charge is 0.259 e. The third-order valence-electron chi connectivity index (χ3n) is 5.58. The Bertz CT molecular complexity index is 802. The van der Waals surface area contributed by atoms with Crippen molar-refractivity contribution < 1.29 is 9.59 Å². The number of nitrogens with zero attached hydrogens (tertiary/aromatic N) is 2. The first kappa shape index (κ1) is 16.8. The van der Waals surface area contributed by atoms with Crippen LogP contribution in [0.5, 0.6) is 0 Å². The van der Waals surface area contributed by atoms with E-state index in [1.54, 1.807) is 0 Å². The maximum Gasteiger partial charge on any atom is 0.259 e. The third-order valence-corrected chi connectivity index (χ3v) is 5.58. The van der Waals surface area contributed by atoms with Crippen LogP contribution in [0.1, 0.15) is 48.1 Å². The largest absolute Gasteiger partial charge is 0.342 e. The number of amides is 2. The molecular weight excluding hydrogens is 324 g/mol. The Morgan fingerprint density at radius 1 is 1.00 bits per heavy atom. The molecule has 0 saturated carbocycles. The molecule has 134 valence electrons. The molecule has 2 aromatic carbocycles. The maximum atomic E-state index is 12.5. The van der Waals surface area contributed by atoms with Gasteiger partial charge in [-0.15, -0.1) is 0 Å². The van der Waals surface area contributed by atoms with Gasteiger partial charge in [0, 0.05) is 24.3 Å². The lowest BCUT2D eigenvalue weighted by Gasteiger charge is -2.43. The highest BCUT2D eigenvalue weighted by molar-refractivity contribution is 6.11. The second-order valence-corrected chi connectivity index (χ2v) is 7.15. The first-order valence-corrected chi connectivity index (χ1v) is 9.47. The average Bonchev–Trinajstić information content (AvgIpc) is 3.01. The zero-order chi connectivity index (χ0) is 18.1. The summed E-state index contributed by atoms with van der Waals surface area (Å²) in [5.74, 6) is 0.948. The molecular formula is C22H24N2O2. The second kappa shape index (κ2) is 6.94. The van der Waals surface area contributed by atoms with E-state index in [1.165, 1.54) is 6.42 Å². The molecule has 2 unspecified atom stereocenters. The summed E-state index contributed by atoms with van der Waals surface area (Å²) in [4.78, 5) is 27.1. The van der Waals surface area contributed by atoms with E-state index in [-0.39, 0.29) is 11.9 Å². The molecule has 0 aliphatic carbocycles. The lowest BCUT2D eigenvalue weighted by atomic mass is 9.88. The Labute approximate surface area is 154 Å². The summed E-state index contributed by atoms with van der Waals surface area (Å²) >= 11 is 0. The van der Waals surface area contributed by atoms with Crippen LogP contribution in [0.25, 0.3) is 0 Å². The van der Waals surface area contributed by atoms with E-state index in [2.05, 4.69) is 13.0 Å². The van der Waals surface area contributed by atoms with Gasteiger partial charge in [-0.05, 0) is 43.0 Å². The number of para-hydroxylation sites is 1. The normalized spacial score (nSPS) is 23.1. The molecule has 4 aliphatic heterocycles. The molecule has 4 nitrogen and oxygen atoms in total. The van der Waals surface area contributed by atoms with Gasteiger partial charge >= 0.3 is 0 Å². The molecule has 26 heavy (non-hydrogen) atoms. The van der Waals surface area contributed by atoms with Crippen LogP contribution in [0.3, 0.4) is 0 Å². The van der Waals surface area contributed by atoms with E-state index in [4.69, 9.17) is 0 Å². The Hall–Kier alpha value is -2.62. The monoisotopic (exact) mass is 348 g/mol. The molecule has 4 heterocycles. The molecule has 4 aliphatic rings. The first-order chi connectivity index (χ1) is 12.7. The summed E-state index contributed by atoms with van der Waals surface area (Å²) in [5.41, 5.74) is 2.97. The number of carbonyl (C=O) groups is 2. The number of hydrogen-bond acceptors (Lipinski definition) is 2. The highest BCUT2D eigenvalue weighted by atomic mass is 16.2. The lowest BCUT2D eigenvalue weighted by Crippen LogP contribution is -2.56. The molecule has 2 atom stereocenters. The number of fused-ring (bicyclic) bond motifs is 3. The Balaban J connectivity index is 0.000000174. The molecule has 0 N–H and O–H groups in total. The van der Waals surface area contributed by atoms with Crippen LogP contribution in [-0.4, -0.2) is 29.8 Å². The number of hydrogen-bond donors (Lipinski definition) is 0. The van der Waals surface area contributed by atoms with Crippen molar-refractivity contribution in [1.29, 1.82) is 0 Å². The standard InChI is InChI=1S/C16H15NO.C6H9NO/c1-2-15-13-10-6-7-11-14(13)16(18)17(15)12-8-4-3-5-9-12;8-6-5-2-1-3-7(6)4-5/h3-11,15H,2H2,1H3;5H,1-4H2. The number of benzene rings is 2. The highest BCUT2D eigenvalue weighted by Gasteiger charge is 2.39. The highest BCUT2D eigenvalue weighted by Crippen LogP contribution is 2.38. The van der Waals surface area contributed by atoms with Crippen molar-refractivity contribution in [2.45, 2.75) is 32.2 Å². The average molecular weight is 348 g/mol. The minimum absolute atomic E-state index is 0.114. The van der Waals surface area contributed by atoms with Crippen LogP contribution in [0.4, 0.5) is 5.69 Å². The van der Waals surface area contributed by atoms with Crippen LogP contribution < -0.4 is 4.90 Å². The number of carbonyl (C=O) groups excluding carboxylic acids is 2. The molecule has 4 heteroatoms. The number of piperidine rings is 2.